The third-order valence-electron chi connectivity index (χ3n) is 3.37. The smallest absolute Gasteiger partial charge is 0.261 e. The lowest BCUT2D eigenvalue weighted by Gasteiger charge is -2.14. The molecule has 0 saturated heterocycles. The lowest BCUT2D eigenvalue weighted by molar-refractivity contribution is 0.0660. The van der Waals surface area contributed by atoms with Gasteiger partial charge in [0, 0.05) is 23.2 Å². The molecule has 0 unspecified atom stereocenters. The number of carbonyl (C=O) groups excluding carboxylic acids is 2. The second-order valence-electron chi connectivity index (χ2n) is 4.74. The van der Waals surface area contributed by atoms with Crippen molar-refractivity contribution in [3.05, 3.63) is 64.1 Å². The number of hydrogen-bond donors (Lipinski definition) is 1. The van der Waals surface area contributed by atoms with Crippen LogP contribution in [0.3, 0.4) is 0 Å². The summed E-state index contributed by atoms with van der Waals surface area (Å²) in [4.78, 5) is 25.6. The highest BCUT2D eigenvalue weighted by Crippen LogP contribution is 2.22. The first-order chi connectivity index (χ1) is 10.2. The summed E-state index contributed by atoms with van der Waals surface area (Å²) in [5, 5.41) is 3.20. The van der Waals surface area contributed by atoms with Crippen molar-refractivity contribution in [3.63, 3.8) is 0 Å². The zero-order valence-corrected chi connectivity index (χ0v) is 12.8. The molecule has 4 nitrogen and oxygen atoms in total. The van der Waals surface area contributed by atoms with E-state index < -0.39 is 0 Å². The number of benzene rings is 2. The van der Waals surface area contributed by atoms with Crippen molar-refractivity contribution in [1.82, 2.24) is 4.90 Å². The summed E-state index contributed by atoms with van der Waals surface area (Å²) in [6.45, 7) is 0.862. The molecule has 0 aliphatic carbocycles. The number of anilines is 1. The van der Waals surface area contributed by atoms with E-state index in [1.54, 1.807) is 24.3 Å². The Labute approximate surface area is 130 Å². The molecular weight excluding hydrogens is 332 g/mol. The molecule has 0 atom stereocenters. The summed E-state index contributed by atoms with van der Waals surface area (Å²) in [6.07, 6.45) is 0. The van der Waals surface area contributed by atoms with E-state index in [-0.39, 0.29) is 11.8 Å². The van der Waals surface area contributed by atoms with E-state index in [1.807, 2.05) is 24.3 Å². The van der Waals surface area contributed by atoms with Gasteiger partial charge in [-0.25, -0.2) is 0 Å². The molecule has 0 bridgehead atoms. The molecule has 106 valence electrons. The number of fused-ring (bicyclic) bond motifs is 1. The van der Waals surface area contributed by atoms with Gasteiger partial charge in [0.05, 0.1) is 11.1 Å². The van der Waals surface area contributed by atoms with Crippen LogP contribution < -0.4 is 5.32 Å². The van der Waals surface area contributed by atoms with Crippen LogP contribution in [0, 0.1) is 0 Å². The minimum Gasteiger partial charge on any atom is -0.383 e. The van der Waals surface area contributed by atoms with Crippen LogP contribution in [0.1, 0.15) is 20.7 Å². The fraction of sp³-hybridized carbons (Fsp3) is 0.125. The van der Waals surface area contributed by atoms with Crippen molar-refractivity contribution in [2.45, 2.75) is 0 Å². The van der Waals surface area contributed by atoms with E-state index in [0.29, 0.717) is 24.2 Å². The molecule has 3 rings (SSSR count). The van der Waals surface area contributed by atoms with Gasteiger partial charge in [0.25, 0.3) is 11.8 Å². The quantitative estimate of drug-likeness (QED) is 0.866. The van der Waals surface area contributed by atoms with Gasteiger partial charge in [0.1, 0.15) is 0 Å². The average Bonchev–Trinajstić information content (AvgIpc) is 2.73. The van der Waals surface area contributed by atoms with Gasteiger partial charge in [0.2, 0.25) is 0 Å². The van der Waals surface area contributed by atoms with E-state index in [4.69, 9.17) is 0 Å². The molecule has 21 heavy (non-hydrogen) atoms. The molecule has 1 N–H and O–H groups in total. The van der Waals surface area contributed by atoms with Gasteiger partial charge in [-0.05, 0) is 30.3 Å². The van der Waals surface area contributed by atoms with Crippen molar-refractivity contribution in [2.75, 3.05) is 18.4 Å². The first-order valence-electron chi connectivity index (χ1n) is 6.61. The average molecular weight is 345 g/mol. The van der Waals surface area contributed by atoms with E-state index in [1.165, 1.54) is 4.90 Å². The second kappa shape index (κ2) is 5.69. The normalized spacial score (nSPS) is 13.5. The van der Waals surface area contributed by atoms with Crippen LogP contribution in [0.5, 0.6) is 0 Å². The fourth-order valence-electron chi connectivity index (χ4n) is 2.35. The minimum absolute atomic E-state index is 0.216. The molecule has 1 heterocycles. The highest BCUT2D eigenvalue weighted by atomic mass is 79.9. The largest absolute Gasteiger partial charge is 0.383 e. The summed E-state index contributed by atoms with van der Waals surface area (Å²) in [5.74, 6) is -0.432. The summed E-state index contributed by atoms with van der Waals surface area (Å²) in [5.41, 5.74) is 1.93. The van der Waals surface area contributed by atoms with E-state index >= 15 is 0 Å². The molecule has 0 spiro atoms. The molecule has 0 fully saturated rings. The predicted octanol–water partition coefficient (Wildman–Crippen LogP) is 3.16. The van der Waals surface area contributed by atoms with Gasteiger partial charge in [-0.15, -0.1) is 0 Å². The highest BCUT2D eigenvalue weighted by molar-refractivity contribution is 9.10. The second-order valence-corrected chi connectivity index (χ2v) is 5.66. The van der Waals surface area contributed by atoms with Crippen LogP contribution in [-0.2, 0) is 0 Å². The van der Waals surface area contributed by atoms with E-state index in [9.17, 15) is 9.59 Å². The number of imide groups is 1. The molecule has 0 aromatic heterocycles. The number of halogens is 1. The third kappa shape index (κ3) is 2.69. The first-order valence-corrected chi connectivity index (χ1v) is 7.41. The lowest BCUT2D eigenvalue weighted by atomic mass is 10.1. The van der Waals surface area contributed by atoms with Crippen molar-refractivity contribution in [3.8, 4) is 0 Å². The number of nitrogens with one attached hydrogen (secondary N) is 1. The Kier molecular flexibility index (Phi) is 3.75. The summed E-state index contributed by atoms with van der Waals surface area (Å²) in [6, 6.07) is 14.7. The SMILES string of the molecule is O=C1c2ccccc2C(=O)N1CCNc1cccc(Br)c1. The van der Waals surface area contributed by atoms with Crippen LogP contribution in [0.15, 0.2) is 53.0 Å². The Balaban J connectivity index is 1.65. The van der Waals surface area contributed by atoms with Crippen molar-refractivity contribution < 1.29 is 9.59 Å². The van der Waals surface area contributed by atoms with Crippen molar-refractivity contribution in [1.29, 1.82) is 0 Å². The molecule has 1 aliphatic rings. The molecular formula is C16H13BrN2O2. The van der Waals surface area contributed by atoms with E-state index in [2.05, 4.69) is 21.2 Å². The van der Waals surface area contributed by atoms with Crippen LogP contribution in [0.4, 0.5) is 5.69 Å². The predicted molar refractivity (Wildman–Crippen MR) is 84.4 cm³/mol. The van der Waals surface area contributed by atoms with Gasteiger partial charge >= 0.3 is 0 Å². The molecule has 5 heteroatoms. The number of rotatable bonds is 4. The molecule has 2 amide bonds. The highest BCUT2D eigenvalue weighted by Gasteiger charge is 2.34. The molecule has 2 aromatic carbocycles. The summed E-state index contributed by atoms with van der Waals surface area (Å²) in [7, 11) is 0. The van der Waals surface area contributed by atoms with Crippen molar-refractivity contribution >= 4 is 33.4 Å². The zero-order valence-electron chi connectivity index (χ0n) is 11.2. The Morgan fingerprint density at radius 3 is 2.24 bits per heavy atom. The standard InChI is InChI=1S/C16H13BrN2O2/c17-11-4-3-5-12(10-11)18-8-9-19-15(20)13-6-1-2-7-14(13)16(19)21/h1-7,10,18H,8-9H2. The zero-order chi connectivity index (χ0) is 14.8. The number of nitrogens with zero attached hydrogens (tertiary/aromatic N) is 1. The first kappa shape index (κ1) is 13.8. The maximum absolute atomic E-state index is 12.2. The van der Waals surface area contributed by atoms with Crippen LogP contribution in [0.2, 0.25) is 0 Å². The maximum atomic E-state index is 12.2. The Bertz CT molecular complexity index is 680. The Morgan fingerprint density at radius 2 is 1.62 bits per heavy atom. The van der Waals surface area contributed by atoms with Gasteiger partial charge in [-0.1, -0.05) is 34.1 Å². The Morgan fingerprint density at radius 1 is 0.952 bits per heavy atom. The summed E-state index contributed by atoms with van der Waals surface area (Å²) >= 11 is 3.40. The van der Waals surface area contributed by atoms with Gasteiger partial charge < -0.3 is 5.32 Å². The third-order valence-corrected chi connectivity index (χ3v) is 3.86. The van der Waals surface area contributed by atoms with Crippen molar-refractivity contribution in [2.24, 2.45) is 0 Å². The van der Waals surface area contributed by atoms with Crippen LogP contribution in [-0.4, -0.2) is 29.8 Å². The topological polar surface area (TPSA) is 49.4 Å². The van der Waals surface area contributed by atoms with Gasteiger partial charge in [-0.2, -0.15) is 0 Å². The molecule has 0 saturated carbocycles. The number of amides is 2. The fourth-order valence-corrected chi connectivity index (χ4v) is 2.75. The maximum Gasteiger partial charge on any atom is 0.261 e. The number of carbonyl (C=O) groups is 2. The minimum atomic E-state index is -0.216. The summed E-state index contributed by atoms with van der Waals surface area (Å²) < 4.78 is 0.980. The van der Waals surface area contributed by atoms with Gasteiger partial charge in [-0.3, -0.25) is 14.5 Å². The molecule has 1 aliphatic heterocycles. The van der Waals surface area contributed by atoms with Gasteiger partial charge in [0.15, 0.2) is 0 Å². The lowest BCUT2D eigenvalue weighted by Crippen LogP contribution is -2.34. The molecule has 2 aromatic rings. The van der Waals surface area contributed by atoms with E-state index in [0.717, 1.165) is 10.2 Å². The van der Waals surface area contributed by atoms with Crippen LogP contribution >= 0.6 is 15.9 Å². The molecule has 0 radical (unpaired) electrons. The Hall–Kier alpha value is -2.14. The monoisotopic (exact) mass is 344 g/mol. The number of hydrogen-bond acceptors (Lipinski definition) is 3. The van der Waals surface area contributed by atoms with Crippen LogP contribution in [0.25, 0.3) is 0 Å².